The molecule has 0 aliphatic heterocycles. The second-order valence-electron chi connectivity index (χ2n) is 3.83. The fraction of sp³-hybridized carbons (Fsp3) is 0.500. The van der Waals surface area contributed by atoms with Crippen molar-refractivity contribution < 1.29 is 4.74 Å². The van der Waals surface area contributed by atoms with Crippen LogP contribution >= 0.6 is 0 Å². The molecule has 0 heterocycles. The lowest BCUT2D eigenvalue weighted by molar-refractivity contribution is 0.165. The first-order valence-corrected chi connectivity index (χ1v) is 4.92. The van der Waals surface area contributed by atoms with Gasteiger partial charge in [0, 0.05) is 19.6 Å². The van der Waals surface area contributed by atoms with Gasteiger partial charge in [-0.1, -0.05) is 30.3 Å². The quantitative estimate of drug-likeness (QED) is 0.709. The predicted molar refractivity (Wildman–Crippen MR) is 59.6 cm³/mol. The van der Waals surface area contributed by atoms with Crippen molar-refractivity contribution in [2.75, 3.05) is 34.4 Å². The lowest BCUT2D eigenvalue weighted by Gasteiger charge is -2.20. The predicted octanol–water partition coefficient (Wildman–Crippen LogP) is 1.98. The molecule has 2 heteroatoms. The van der Waals surface area contributed by atoms with E-state index in [1.165, 1.54) is 5.56 Å². The molecule has 1 aromatic rings. The zero-order valence-electron chi connectivity index (χ0n) is 9.23. The van der Waals surface area contributed by atoms with Gasteiger partial charge in [0.15, 0.2) is 0 Å². The van der Waals surface area contributed by atoms with Crippen LogP contribution in [0.25, 0.3) is 0 Å². The van der Waals surface area contributed by atoms with Gasteiger partial charge in [-0.2, -0.15) is 0 Å². The normalized spacial score (nSPS) is 13.1. The Morgan fingerprint density at radius 3 is 2.36 bits per heavy atom. The maximum Gasteiger partial charge on any atom is 0.0543 e. The summed E-state index contributed by atoms with van der Waals surface area (Å²) in [7, 11) is 5.93. The average Bonchev–Trinajstić information content (AvgIpc) is 2.18. The van der Waals surface area contributed by atoms with Gasteiger partial charge in [-0.15, -0.1) is 0 Å². The van der Waals surface area contributed by atoms with Crippen molar-refractivity contribution in [3.05, 3.63) is 35.9 Å². The Bertz CT molecular complexity index is 246. The number of hydrogen-bond donors (Lipinski definition) is 0. The third kappa shape index (κ3) is 3.48. The Morgan fingerprint density at radius 2 is 1.86 bits per heavy atom. The van der Waals surface area contributed by atoms with Crippen LogP contribution in [0.4, 0.5) is 0 Å². The highest BCUT2D eigenvalue weighted by Gasteiger charge is 2.11. The Labute approximate surface area is 86.5 Å². The molecular formula is C12H19NO. The topological polar surface area (TPSA) is 12.5 Å². The minimum Gasteiger partial charge on any atom is -0.384 e. The molecular weight excluding hydrogens is 174 g/mol. The first kappa shape index (κ1) is 11.2. The Balaban J connectivity index is 2.67. The van der Waals surface area contributed by atoms with Crippen LogP contribution in [0, 0.1) is 0 Å². The van der Waals surface area contributed by atoms with Gasteiger partial charge >= 0.3 is 0 Å². The highest BCUT2D eigenvalue weighted by Crippen LogP contribution is 2.16. The van der Waals surface area contributed by atoms with E-state index < -0.39 is 0 Å². The smallest absolute Gasteiger partial charge is 0.0543 e. The fourth-order valence-electron chi connectivity index (χ4n) is 1.62. The first-order valence-electron chi connectivity index (χ1n) is 4.92. The molecule has 0 spiro atoms. The van der Waals surface area contributed by atoms with Gasteiger partial charge in [-0.3, -0.25) is 0 Å². The second kappa shape index (κ2) is 5.78. The molecule has 0 N–H and O–H groups in total. The third-order valence-electron chi connectivity index (χ3n) is 2.22. The molecule has 0 amide bonds. The molecule has 2 nitrogen and oxygen atoms in total. The number of rotatable bonds is 5. The van der Waals surface area contributed by atoms with Crippen LogP contribution in [-0.4, -0.2) is 39.3 Å². The van der Waals surface area contributed by atoms with E-state index in [1.54, 1.807) is 7.11 Å². The van der Waals surface area contributed by atoms with E-state index in [-0.39, 0.29) is 0 Å². The number of likely N-dealkylation sites (N-methyl/N-ethyl adjacent to an activating group) is 1. The Hall–Kier alpha value is -0.860. The molecule has 0 fully saturated rings. The van der Waals surface area contributed by atoms with E-state index in [0.29, 0.717) is 5.92 Å². The third-order valence-corrected chi connectivity index (χ3v) is 2.22. The highest BCUT2D eigenvalue weighted by molar-refractivity contribution is 5.19. The zero-order valence-corrected chi connectivity index (χ0v) is 9.23. The summed E-state index contributed by atoms with van der Waals surface area (Å²) in [5.41, 5.74) is 1.35. The van der Waals surface area contributed by atoms with Gasteiger partial charge in [-0.25, -0.2) is 0 Å². The van der Waals surface area contributed by atoms with Crippen molar-refractivity contribution in [1.82, 2.24) is 4.90 Å². The highest BCUT2D eigenvalue weighted by atomic mass is 16.5. The second-order valence-corrected chi connectivity index (χ2v) is 3.83. The summed E-state index contributed by atoms with van der Waals surface area (Å²) < 4.78 is 5.23. The molecule has 14 heavy (non-hydrogen) atoms. The van der Waals surface area contributed by atoms with Gasteiger partial charge in [0.05, 0.1) is 6.61 Å². The van der Waals surface area contributed by atoms with Gasteiger partial charge in [0.2, 0.25) is 0 Å². The monoisotopic (exact) mass is 193 g/mol. The summed E-state index contributed by atoms with van der Waals surface area (Å²) in [6.07, 6.45) is 0. The fourth-order valence-corrected chi connectivity index (χ4v) is 1.62. The molecule has 1 aromatic carbocycles. The van der Waals surface area contributed by atoms with Crippen molar-refractivity contribution >= 4 is 0 Å². The van der Waals surface area contributed by atoms with E-state index in [1.807, 2.05) is 6.07 Å². The molecule has 0 aliphatic carbocycles. The SMILES string of the molecule is COCC(CN(C)C)c1ccccc1. The van der Waals surface area contributed by atoms with E-state index in [9.17, 15) is 0 Å². The summed E-state index contributed by atoms with van der Waals surface area (Å²) in [6.45, 7) is 1.81. The van der Waals surface area contributed by atoms with Crippen molar-refractivity contribution in [3.63, 3.8) is 0 Å². The molecule has 78 valence electrons. The molecule has 0 saturated carbocycles. The van der Waals surface area contributed by atoms with Crippen LogP contribution < -0.4 is 0 Å². The molecule has 0 aromatic heterocycles. The minimum atomic E-state index is 0.469. The molecule has 0 bridgehead atoms. The van der Waals surface area contributed by atoms with Crippen LogP contribution in [0.5, 0.6) is 0 Å². The summed E-state index contributed by atoms with van der Waals surface area (Å²) in [4.78, 5) is 2.19. The average molecular weight is 193 g/mol. The molecule has 1 unspecified atom stereocenters. The van der Waals surface area contributed by atoms with E-state index in [4.69, 9.17) is 4.74 Å². The number of nitrogens with zero attached hydrogens (tertiary/aromatic N) is 1. The Kier molecular flexibility index (Phi) is 4.63. The summed E-state index contributed by atoms with van der Waals surface area (Å²) >= 11 is 0. The Morgan fingerprint density at radius 1 is 1.21 bits per heavy atom. The van der Waals surface area contributed by atoms with Crippen molar-refractivity contribution in [1.29, 1.82) is 0 Å². The van der Waals surface area contributed by atoms with Crippen molar-refractivity contribution in [2.24, 2.45) is 0 Å². The molecule has 1 atom stereocenters. The molecule has 0 radical (unpaired) electrons. The summed E-state index contributed by atoms with van der Waals surface area (Å²) in [5.74, 6) is 0.469. The van der Waals surface area contributed by atoms with Gasteiger partial charge in [0.1, 0.15) is 0 Å². The van der Waals surface area contributed by atoms with E-state index in [2.05, 4.69) is 43.3 Å². The number of methoxy groups -OCH3 is 1. The van der Waals surface area contributed by atoms with Gasteiger partial charge in [0.25, 0.3) is 0 Å². The number of hydrogen-bond acceptors (Lipinski definition) is 2. The zero-order chi connectivity index (χ0) is 10.4. The maximum absolute atomic E-state index is 5.23. The lowest BCUT2D eigenvalue weighted by Crippen LogP contribution is -2.23. The van der Waals surface area contributed by atoms with E-state index >= 15 is 0 Å². The first-order chi connectivity index (χ1) is 6.74. The van der Waals surface area contributed by atoms with Crippen LogP contribution in [0.3, 0.4) is 0 Å². The summed E-state index contributed by atoms with van der Waals surface area (Å²) in [5, 5.41) is 0. The number of ether oxygens (including phenoxy) is 1. The van der Waals surface area contributed by atoms with Crippen LogP contribution in [-0.2, 0) is 4.74 Å². The lowest BCUT2D eigenvalue weighted by atomic mass is 10.00. The van der Waals surface area contributed by atoms with Gasteiger partial charge < -0.3 is 9.64 Å². The van der Waals surface area contributed by atoms with Gasteiger partial charge in [-0.05, 0) is 19.7 Å². The molecule has 0 aliphatic rings. The maximum atomic E-state index is 5.23. The van der Waals surface area contributed by atoms with Crippen LogP contribution in [0.1, 0.15) is 11.5 Å². The van der Waals surface area contributed by atoms with Crippen LogP contribution in [0.15, 0.2) is 30.3 Å². The van der Waals surface area contributed by atoms with Crippen LogP contribution in [0.2, 0.25) is 0 Å². The standard InChI is InChI=1S/C12H19NO/c1-13(2)9-12(10-14-3)11-7-5-4-6-8-11/h4-8,12H,9-10H2,1-3H3. The molecule has 0 saturated heterocycles. The minimum absolute atomic E-state index is 0.469. The van der Waals surface area contributed by atoms with Crippen molar-refractivity contribution in [2.45, 2.75) is 5.92 Å². The largest absolute Gasteiger partial charge is 0.384 e. The summed E-state index contributed by atoms with van der Waals surface area (Å²) in [6, 6.07) is 10.5. The van der Waals surface area contributed by atoms with Crippen molar-refractivity contribution in [3.8, 4) is 0 Å². The molecule has 1 rings (SSSR count). The van der Waals surface area contributed by atoms with E-state index in [0.717, 1.165) is 13.2 Å². The number of benzene rings is 1.